The number of allylic oxidation sites excluding steroid dienone is 1. The monoisotopic (exact) mass is 167 g/mol. The summed E-state index contributed by atoms with van der Waals surface area (Å²) in [4.78, 5) is 14.7. The van der Waals surface area contributed by atoms with Crippen molar-refractivity contribution < 1.29 is 4.79 Å². The lowest BCUT2D eigenvalue weighted by atomic mass is 10.4. The third-order valence-electron chi connectivity index (χ3n) is 1.10. The lowest BCUT2D eigenvalue weighted by molar-refractivity contribution is -0.112. The number of hydrogen-bond donors (Lipinski definition) is 0. The van der Waals surface area contributed by atoms with Gasteiger partial charge in [0.05, 0.1) is 0 Å². The minimum Gasteiger partial charge on any atom is -0.295 e. The average molecular weight is 167 g/mol. The molecular weight excluding hydrogens is 158 g/mol. The Kier molecular flexibility index (Phi) is 2.54. The van der Waals surface area contributed by atoms with Crippen LogP contribution >= 0.6 is 11.3 Å². The molecule has 0 radical (unpaired) electrons. The molecule has 0 atom stereocenters. The number of nitrogens with zero attached hydrogens (tertiary/aromatic N) is 1. The summed E-state index contributed by atoms with van der Waals surface area (Å²) in [7, 11) is 0. The van der Waals surface area contributed by atoms with Gasteiger partial charge in [-0.1, -0.05) is 0 Å². The summed E-state index contributed by atoms with van der Waals surface area (Å²) in [5, 5.41) is 2.84. The summed E-state index contributed by atoms with van der Waals surface area (Å²) in [5.41, 5.74) is 0.998. The smallest absolute Gasteiger partial charge is 0.152 e. The highest BCUT2D eigenvalue weighted by Gasteiger charge is 1.92. The Labute approximate surface area is 69.6 Å². The van der Waals surface area contributed by atoms with Crippen molar-refractivity contribution in [3.05, 3.63) is 22.2 Å². The molecule has 0 bridgehead atoms. The summed E-state index contributed by atoms with van der Waals surface area (Å²) in [6.07, 6.45) is 3.26. The largest absolute Gasteiger partial charge is 0.295 e. The third-order valence-corrected chi connectivity index (χ3v) is 2.03. The molecule has 1 heterocycles. The number of aromatic nitrogens is 1. The summed E-state index contributed by atoms with van der Waals surface area (Å²) >= 11 is 1.54. The molecule has 1 aromatic heterocycles. The van der Waals surface area contributed by atoms with Gasteiger partial charge in [0.2, 0.25) is 0 Å². The summed E-state index contributed by atoms with van der Waals surface area (Å²) in [6, 6.07) is 0. The molecule has 0 aliphatic carbocycles. The van der Waals surface area contributed by atoms with Gasteiger partial charge in [-0.25, -0.2) is 4.98 Å². The summed E-state index contributed by atoms with van der Waals surface area (Å²) < 4.78 is 0. The van der Waals surface area contributed by atoms with Gasteiger partial charge >= 0.3 is 0 Å². The number of thiazole rings is 1. The third kappa shape index (κ3) is 2.63. The standard InChI is InChI=1S/C8H9NOS/c1-6-5-11-8(9-6)4-3-7(2)10/h3-5H,1-2H3/b4-3+. The van der Waals surface area contributed by atoms with E-state index in [-0.39, 0.29) is 5.78 Å². The second kappa shape index (κ2) is 3.44. The first-order valence-electron chi connectivity index (χ1n) is 3.29. The van der Waals surface area contributed by atoms with Gasteiger partial charge in [-0.2, -0.15) is 0 Å². The molecule has 0 N–H and O–H groups in total. The molecule has 0 unspecified atom stereocenters. The van der Waals surface area contributed by atoms with E-state index in [1.54, 1.807) is 17.4 Å². The van der Waals surface area contributed by atoms with Crippen LogP contribution in [0.2, 0.25) is 0 Å². The lowest BCUT2D eigenvalue weighted by Crippen LogP contribution is -1.79. The Balaban J connectivity index is 2.71. The molecule has 0 aliphatic rings. The Morgan fingerprint density at radius 2 is 2.45 bits per heavy atom. The number of carbonyl (C=O) groups is 1. The molecule has 58 valence electrons. The van der Waals surface area contributed by atoms with Crippen molar-refractivity contribution in [3.63, 3.8) is 0 Å². The van der Waals surface area contributed by atoms with Crippen LogP contribution in [0.25, 0.3) is 6.08 Å². The minimum absolute atomic E-state index is 0.0536. The van der Waals surface area contributed by atoms with E-state index in [0.717, 1.165) is 10.7 Å². The molecule has 0 amide bonds. The van der Waals surface area contributed by atoms with Crippen LogP contribution in [0.4, 0.5) is 0 Å². The number of aryl methyl sites for hydroxylation is 1. The van der Waals surface area contributed by atoms with Gasteiger partial charge in [0.25, 0.3) is 0 Å². The van der Waals surface area contributed by atoms with Gasteiger partial charge in [-0.05, 0) is 26.0 Å². The zero-order chi connectivity index (χ0) is 8.27. The van der Waals surface area contributed by atoms with E-state index in [1.807, 2.05) is 12.3 Å². The lowest BCUT2D eigenvalue weighted by Gasteiger charge is -1.79. The highest BCUT2D eigenvalue weighted by atomic mass is 32.1. The normalized spacial score (nSPS) is 10.7. The Bertz CT molecular complexity index is 288. The van der Waals surface area contributed by atoms with Crippen molar-refractivity contribution >= 4 is 23.2 Å². The first kappa shape index (κ1) is 8.14. The molecule has 1 aromatic rings. The van der Waals surface area contributed by atoms with Crippen molar-refractivity contribution in [2.75, 3.05) is 0 Å². The molecule has 0 spiro atoms. The van der Waals surface area contributed by atoms with Crippen molar-refractivity contribution in [1.82, 2.24) is 4.98 Å². The van der Waals surface area contributed by atoms with E-state index >= 15 is 0 Å². The van der Waals surface area contributed by atoms with Gasteiger partial charge in [0.15, 0.2) is 5.78 Å². The predicted molar refractivity (Wildman–Crippen MR) is 46.6 cm³/mol. The van der Waals surface area contributed by atoms with Crippen LogP contribution in [0.1, 0.15) is 17.6 Å². The SMILES string of the molecule is CC(=O)/C=C/c1nc(C)cs1. The maximum atomic E-state index is 10.5. The minimum atomic E-state index is 0.0536. The van der Waals surface area contributed by atoms with Crippen molar-refractivity contribution in [1.29, 1.82) is 0 Å². The van der Waals surface area contributed by atoms with Gasteiger partial charge in [-0.3, -0.25) is 4.79 Å². The average Bonchev–Trinajstić information content (AvgIpc) is 2.31. The zero-order valence-corrected chi connectivity index (χ0v) is 7.31. The molecule has 1 rings (SSSR count). The van der Waals surface area contributed by atoms with Crippen LogP contribution in [0.15, 0.2) is 11.5 Å². The zero-order valence-electron chi connectivity index (χ0n) is 6.50. The molecule has 0 saturated carbocycles. The van der Waals surface area contributed by atoms with Crippen molar-refractivity contribution in [3.8, 4) is 0 Å². The first-order valence-corrected chi connectivity index (χ1v) is 4.17. The first-order chi connectivity index (χ1) is 5.18. The Morgan fingerprint density at radius 1 is 1.73 bits per heavy atom. The fourth-order valence-electron chi connectivity index (χ4n) is 0.637. The maximum absolute atomic E-state index is 10.5. The predicted octanol–water partition coefficient (Wildman–Crippen LogP) is 2.05. The quantitative estimate of drug-likeness (QED) is 0.631. The molecule has 0 aromatic carbocycles. The van der Waals surface area contributed by atoms with Crippen LogP contribution in [-0.4, -0.2) is 10.8 Å². The fourth-order valence-corrected chi connectivity index (χ4v) is 1.32. The number of rotatable bonds is 2. The van der Waals surface area contributed by atoms with Gasteiger partial charge in [0.1, 0.15) is 5.01 Å². The van der Waals surface area contributed by atoms with E-state index in [2.05, 4.69) is 4.98 Å². The van der Waals surface area contributed by atoms with E-state index in [9.17, 15) is 4.79 Å². The highest BCUT2D eigenvalue weighted by molar-refractivity contribution is 7.10. The molecule has 3 heteroatoms. The Hall–Kier alpha value is -0.960. The molecule has 0 saturated heterocycles. The fraction of sp³-hybridized carbons (Fsp3) is 0.250. The van der Waals surface area contributed by atoms with Gasteiger partial charge < -0.3 is 0 Å². The van der Waals surface area contributed by atoms with E-state index in [1.165, 1.54) is 13.0 Å². The molecule has 2 nitrogen and oxygen atoms in total. The van der Waals surface area contributed by atoms with Crippen molar-refractivity contribution in [2.45, 2.75) is 13.8 Å². The second-order valence-electron chi connectivity index (χ2n) is 2.27. The van der Waals surface area contributed by atoms with Crippen LogP contribution < -0.4 is 0 Å². The number of carbonyl (C=O) groups excluding carboxylic acids is 1. The highest BCUT2D eigenvalue weighted by Crippen LogP contribution is 2.09. The summed E-state index contributed by atoms with van der Waals surface area (Å²) in [5.74, 6) is 0.0536. The van der Waals surface area contributed by atoms with Crippen LogP contribution in [-0.2, 0) is 4.79 Å². The molecule has 0 aliphatic heterocycles. The maximum Gasteiger partial charge on any atom is 0.152 e. The number of hydrogen-bond acceptors (Lipinski definition) is 3. The van der Waals surface area contributed by atoms with Crippen LogP contribution in [0.5, 0.6) is 0 Å². The molecule has 0 fully saturated rings. The number of ketones is 1. The second-order valence-corrected chi connectivity index (χ2v) is 3.16. The topological polar surface area (TPSA) is 30.0 Å². The van der Waals surface area contributed by atoms with E-state index in [0.29, 0.717) is 0 Å². The molecule has 11 heavy (non-hydrogen) atoms. The van der Waals surface area contributed by atoms with Crippen LogP contribution in [0, 0.1) is 6.92 Å². The van der Waals surface area contributed by atoms with Gasteiger partial charge in [-0.15, -0.1) is 11.3 Å². The molecular formula is C8H9NOS. The van der Waals surface area contributed by atoms with Crippen molar-refractivity contribution in [2.24, 2.45) is 0 Å². The van der Waals surface area contributed by atoms with Gasteiger partial charge in [0, 0.05) is 11.1 Å². The summed E-state index contributed by atoms with van der Waals surface area (Å²) in [6.45, 7) is 3.46. The Morgan fingerprint density at radius 3 is 2.91 bits per heavy atom. The van der Waals surface area contributed by atoms with E-state index in [4.69, 9.17) is 0 Å². The van der Waals surface area contributed by atoms with E-state index < -0.39 is 0 Å². The van der Waals surface area contributed by atoms with Crippen LogP contribution in [0.3, 0.4) is 0 Å².